The average molecular weight is 396 g/mol. The van der Waals surface area contributed by atoms with E-state index in [4.69, 9.17) is 4.18 Å². The van der Waals surface area contributed by atoms with Crippen LogP contribution in [0.5, 0.6) is 0 Å². The first kappa shape index (κ1) is 28.0. The Morgan fingerprint density at radius 3 is 1.38 bits per heavy atom. The fraction of sp³-hybridized carbons (Fsp3) is 1.00. The van der Waals surface area contributed by atoms with Crippen LogP contribution in [0.3, 0.4) is 0 Å². The molecule has 0 spiro atoms. The highest BCUT2D eigenvalue weighted by Crippen LogP contribution is 2.34. The standard InChI is InChI=1S/C20H42O4S.H3N/c1-4-7-10-12-13-16-19-20(17-14-9-6-3,24-25(21,22)23)18-15-11-8-5-2;/h4-19H2,1-3H3,(H,21,22,23);1H3. The molecule has 0 aromatic heterocycles. The Bertz CT molecular complexity index is 401. The van der Waals surface area contributed by atoms with Crippen LogP contribution < -0.4 is 6.15 Å². The van der Waals surface area contributed by atoms with Crippen molar-refractivity contribution >= 4 is 10.4 Å². The topological polar surface area (TPSA) is 98.6 Å². The Balaban J connectivity index is 0. The molecule has 160 valence electrons. The van der Waals surface area contributed by atoms with Gasteiger partial charge in [-0.15, -0.1) is 0 Å². The minimum Gasteiger partial charge on any atom is -0.344 e. The maximum absolute atomic E-state index is 11.5. The maximum atomic E-state index is 11.5. The highest BCUT2D eigenvalue weighted by atomic mass is 32.3. The van der Waals surface area contributed by atoms with Crippen LogP contribution >= 0.6 is 0 Å². The molecule has 0 aromatic rings. The molecular formula is C20H45NO4S. The molecule has 5 nitrogen and oxygen atoms in total. The van der Waals surface area contributed by atoms with Gasteiger partial charge in [-0.2, -0.15) is 8.42 Å². The van der Waals surface area contributed by atoms with Crippen LogP contribution in [0.4, 0.5) is 0 Å². The van der Waals surface area contributed by atoms with Crippen LogP contribution in [0.25, 0.3) is 0 Å². The van der Waals surface area contributed by atoms with Gasteiger partial charge in [-0.1, -0.05) is 104 Å². The van der Waals surface area contributed by atoms with Gasteiger partial charge in [0.15, 0.2) is 0 Å². The Kier molecular flexibility index (Phi) is 18.3. The van der Waals surface area contributed by atoms with E-state index in [0.29, 0.717) is 0 Å². The monoisotopic (exact) mass is 395 g/mol. The van der Waals surface area contributed by atoms with Crippen molar-refractivity contribution in [2.45, 2.75) is 129 Å². The first-order valence-corrected chi connectivity index (χ1v) is 11.9. The second kappa shape index (κ2) is 17.0. The van der Waals surface area contributed by atoms with Crippen LogP contribution in [0.1, 0.15) is 124 Å². The molecule has 0 saturated heterocycles. The lowest BCUT2D eigenvalue weighted by Crippen LogP contribution is -2.35. The molecule has 26 heavy (non-hydrogen) atoms. The number of rotatable bonds is 18. The second-order valence-corrected chi connectivity index (χ2v) is 8.50. The summed E-state index contributed by atoms with van der Waals surface area (Å²) in [6, 6.07) is 0. The smallest absolute Gasteiger partial charge is 0.344 e. The van der Waals surface area contributed by atoms with Crippen molar-refractivity contribution in [2.24, 2.45) is 0 Å². The summed E-state index contributed by atoms with van der Waals surface area (Å²) in [7, 11) is -4.41. The summed E-state index contributed by atoms with van der Waals surface area (Å²) < 4.78 is 37.6. The van der Waals surface area contributed by atoms with E-state index in [-0.39, 0.29) is 6.15 Å². The lowest BCUT2D eigenvalue weighted by molar-refractivity contribution is 0.0288. The van der Waals surface area contributed by atoms with Gasteiger partial charge >= 0.3 is 10.4 Å². The predicted octanol–water partition coefficient (Wildman–Crippen LogP) is 7.01. The molecule has 0 aliphatic carbocycles. The largest absolute Gasteiger partial charge is 0.397 e. The van der Waals surface area contributed by atoms with Crippen molar-refractivity contribution in [3.8, 4) is 0 Å². The number of hydrogen-bond donors (Lipinski definition) is 2. The molecule has 0 aliphatic heterocycles. The average Bonchev–Trinajstić information content (AvgIpc) is 2.54. The summed E-state index contributed by atoms with van der Waals surface area (Å²) in [5.41, 5.74) is -0.707. The predicted molar refractivity (Wildman–Crippen MR) is 111 cm³/mol. The van der Waals surface area contributed by atoms with Gasteiger partial charge in [-0.3, -0.25) is 4.55 Å². The van der Waals surface area contributed by atoms with Gasteiger partial charge in [0, 0.05) is 0 Å². The molecular weight excluding hydrogens is 350 g/mol. The molecule has 0 radical (unpaired) electrons. The van der Waals surface area contributed by atoms with Gasteiger partial charge in [-0.05, 0) is 19.3 Å². The quantitative estimate of drug-likeness (QED) is 0.192. The van der Waals surface area contributed by atoms with E-state index in [1.54, 1.807) is 0 Å². The number of unbranched alkanes of at least 4 members (excludes halogenated alkanes) is 10. The molecule has 6 heteroatoms. The summed E-state index contributed by atoms with van der Waals surface area (Å²) >= 11 is 0. The summed E-state index contributed by atoms with van der Waals surface area (Å²) in [5, 5.41) is 0. The van der Waals surface area contributed by atoms with E-state index in [1.165, 1.54) is 25.7 Å². The van der Waals surface area contributed by atoms with Crippen molar-refractivity contribution in [1.82, 2.24) is 6.15 Å². The van der Waals surface area contributed by atoms with E-state index < -0.39 is 16.0 Å². The van der Waals surface area contributed by atoms with Crippen LogP contribution in [0.2, 0.25) is 0 Å². The van der Waals surface area contributed by atoms with E-state index >= 15 is 0 Å². The summed E-state index contributed by atoms with van der Waals surface area (Å²) in [6.07, 6.45) is 16.7. The Hall–Kier alpha value is -0.170. The molecule has 0 rings (SSSR count). The minimum atomic E-state index is -4.41. The van der Waals surface area contributed by atoms with Gasteiger partial charge in [0.2, 0.25) is 0 Å². The van der Waals surface area contributed by atoms with Gasteiger partial charge in [-0.25, -0.2) is 4.18 Å². The third-order valence-corrected chi connectivity index (χ3v) is 5.55. The second-order valence-electron chi connectivity index (χ2n) is 7.48. The first-order chi connectivity index (χ1) is 11.9. The van der Waals surface area contributed by atoms with E-state index in [9.17, 15) is 13.0 Å². The third-order valence-electron chi connectivity index (χ3n) is 4.99. The maximum Gasteiger partial charge on any atom is 0.397 e. The van der Waals surface area contributed by atoms with Crippen molar-refractivity contribution in [2.75, 3.05) is 0 Å². The fourth-order valence-electron chi connectivity index (χ4n) is 3.52. The van der Waals surface area contributed by atoms with Crippen molar-refractivity contribution in [3.63, 3.8) is 0 Å². The minimum absolute atomic E-state index is 0. The zero-order valence-corrected chi connectivity index (χ0v) is 18.4. The van der Waals surface area contributed by atoms with Gasteiger partial charge in [0.05, 0.1) is 5.60 Å². The molecule has 4 N–H and O–H groups in total. The molecule has 0 aromatic carbocycles. The zero-order valence-electron chi connectivity index (χ0n) is 17.6. The van der Waals surface area contributed by atoms with Crippen LogP contribution in [0, 0.1) is 0 Å². The van der Waals surface area contributed by atoms with Gasteiger partial charge in [0.25, 0.3) is 0 Å². The fourth-order valence-corrected chi connectivity index (χ4v) is 4.22. The van der Waals surface area contributed by atoms with Gasteiger partial charge in [0.1, 0.15) is 0 Å². The third kappa shape index (κ3) is 16.0. The molecule has 0 bridgehead atoms. The normalized spacial score (nSPS) is 14.0. The van der Waals surface area contributed by atoms with Crippen molar-refractivity contribution < 1.29 is 17.2 Å². The van der Waals surface area contributed by atoms with E-state index in [1.807, 2.05) is 0 Å². The zero-order chi connectivity index (χ0) is 19.0. The molecule has 1 atom stereocenters. The van der Waals surface area contributed by atoms with Crippen LogP contribution in [0.15, 0.2) is 0 Å². The molecule has 0 aliphatic rings. The Morgan fingerprint density at radius 2 is 0.962 bits per heavy atom. The van der Waals surface area contributed by atoms with Crippen molar-refractivity contribution in [1.29, 1.82) is 0 Å². The molecule has 0 saturated carbocycles. The Morgan fingerprint density at radius 1 is 0.654 bits per heavy atom. The van der Waals surface area contributed by atoms with Crippen LogP contribution in [-0.2, 0) is 14.6 Å². The lowest BCUT2D eigenvalue weighted by atomic mass is 9.85. The van der Waals surface area contributed by atoms with Crippen LogP contribution in [-0.4, -0.2) is 18.6 Å². The molecule has 1 unspecified atom stereocenters. The molecule has 0 heterocycles. The highest BCUT2D eigenvalue weighted by molar-refractivity contribution is 7.80. The lowest BCUT2D eigenvalue weighted by Gasteiger charge is -2.32. The highest BCUT2D eigenvalue weighted by Gasteiger charge is 2.34. The summed E-state index contributed by atoms with van der Waals surface area (Å²) in [5.74, 6) is 0. The molecule has 0 fully saturated rings. The van der Waals surface area contributed by atoms with Crippen molar-refractivity contribution in [3.05, 3.63) is 0 Å². The number of hydrogen-bond acceptors (Lipinski definition) is 4. The SMILES string of the molecule is CCCCCCCCC(CCCCC)(CCCCCC)OS(=O)(=O)O.N. The van der Waals surface area contributed by atoms with E-state index in [2.05, 4.69) is 20.8 Å². The summed E-state index contributed by atoms with van der Waals surface area (Å²) in [4.78, 5) is 0. The van der Waals surface area contributed by atoms with Gasteiger partial charge < -0.3 is 6.15 Å². The van der Waals surface area contributed by atoms with E-state index in [0.717, 1.165) is 77.0 Å². The Labute approximate surface area is 163 Å². The molecule has 0 amide bonds. The first-order valence-electron chi connectivity index (χ1n) is 10.6. The summed E-state index contributed by atoms with van der Waals surface area (Å²) in [6.45, 7) is 6.51.